The van der Waals surface area contributed by atoms with Crippen LogP contribution in [0.1, 0.15) is 25.8 Å². The molecule has 1 unspecified atom stereocenters. The van der Waals surface area contributed by atoms with E-state index >= 15 is 0 Å². The van der Waals surface area contributed by atoms with Crippen molar-refractivity contribution < 1.29 is 0 Å². The molecule has 0 amide bonds. The van der Waals surface area contributed by atoms with Gasteiger partial charge in [-0.2, -0.15) is 0 Å². The van der Waals surface area contributed by atoms with Crippen molar-refractivity contribution >= 4 is 21.6 Å². The normalized spacial score (nSPS) is 14.1. The second-order valence-electron chi connectivity index (χ2n) is 5.94. The van der Waals surface area contributed by atoms with Crippen molar-refractivity contribution in [1.82, 2.24) is 15.2 Å². The smallest absolute Gasteiger partial charge is 0.0954 e. The summed E-state index contributed by atoms with van der Waals surface area (Å²) in [6.45, 7) is 7.71. The monoisotopic (exact) mass is 291 g/mol. The van der Waals surface area contributed by atoms with Crippen molar-refractivity contribution in [3.05, 3.63) is 29.3 Å². The largest absolute Gasteiger partial charge is 0.312 e. The Morgan fingerprint density at radius 1 is 1.30 bits per heavy atom. The van der Waals surface area contributed by atoms with Crippen molar-refractivity contribution in [3.63, 3.8) is 0 Å². The van der Waals surface area contributed by atoms with Gasteiger partial charge in [0.05, 0.1) is 15.2 Å². The van der Waals surface area contributed by atoms with Gasteiger partial charge >= 0.3 is 0 Å². The summed E-state index contributed by atoms with van der Waals surface area (Å²) < 4.78 is 1.28. The summed E-state index contributed by atoms with van der Waals surface area (Å²) in [6.07, 6.45) is 0.971. The summed E-state index contributed by atoms with van der Waals surface area (Å²) in [6, 6.07) is 8.76. The number of thiazole rings is 1. The third-order valence-electron chi connectivity index (χ3n) is 4.17. The van der Waals surface area contributed by atoms with Gasteiger partial charge in [-0.25, -0.2) is 4.98 Å². The highest BCUT2D eigenvalue weighted by Crippen LogP contribution is 2.26. The minimum atomic E-state index is 0.0911. The standard InChI is InChI=1S/C16H25N3S/c1-6-17-14(16(2,3)19(4)5)11-15-18-12-9-7-8-10-13(12)20-15/h7-10,14,17H,6,11H2,1-5H3. The van der Waals surface area contributed by atoms with Crippen LogP contribution in [0, 0.1) is 0 Å². The molecule has 0 aliphatic carbocycles. The Morgan fingerprint density at radius 3 is 2.60 bits per heavy atom. The van der Waals surface area contributed by atoms with E-state index in [0.717, 1.165) is 18.5 Å². The molecular weight excluding hydrogens is 266 g/mol. The number of rotatable bonds is 6. The lowest BCUT2D eigenvalue weighted by Crippen LogP contribution is -2.56. The molecule has 0 spiro atoms. The highest BCUT2D eigenvalue weighted by atomic mass is 32.1. The lowest BCUT2D eigenvalue weighted by molar-refractivity contribution is 0.138. The Morgan fingerprint density at radius 2 is 2.00 bits per heavy atom. The van der Waals surface area contributed by atoms with Crippen molar-refractivity contribution in [2.45, 2.75) is 38.8 Å². The second kappa shape index (κ2) is 6.20. The van der Waals surface area contributed by atoms with E-state index in [1.165, 1.54) is 9.71 Å². The molecular formula is C16H25N3S. The molecule has 2 aromatic rings. The first-order valence-corrected chi connectivity index (χ1v) is 8.02. The zero-order valence-corrected chi connectivity index (χ0v) is 13.9. The van der Waals surface area contributed by atoms with Crippen LogP contribution in [0.3, 0.4) is 0 Å². The fourth-order valence-electron chi connectivity index (χ4n) is 2.31. The molecule has 1 N–H and O–H groups in total. The molecule has 0 bridgehead atoms. The van der Waals surface area contributed by atoms with Crippen LogP contribution in [0.15, 0.2) is 24.3 Å². The summed E-state index contributed by atoms with van der Waals surface area (Å²) in [5.41, 5.74) is 1.21. The molecule has 2 rings (SSSR count). The van der Waals surface area contributed by atoms with Crippen LogP contribution in [0.4, 0.5) is 0 Å². The van der Waals surface area contributed by atoms with Gasteiger partial charge in [0.25, 0.3) is 0 Å². The molecule has 0 saturated heterocycles. The van der Waals surface area contributed by atoms with Crippen LogP contribution >= 0.6 is 11.3 Å². The van der Waals surface area contributed by atoms with E-state index in [1.807, 2.05) is 11.3 Å². The molecule has 0 radical (unpaired) electrons. The third-order valence-corrected chi connectivity index (χ3v) is 5.23. The molecule has 1 aromatic heterocycles. The van der Waals surface area contributed by atoms with Gasteiger partial charge in [0.15, 0.2) is 0 Å². The van der Waals surface area contributed by atoms with Crippen molar-refractivity contribution in [2.75, 3.05) is 20.6 Å². The Labute approximate surface area is 126 Å². The number of hydrogen-bond donors (Lipinski definition) is 1. The van der Waals surface area contributed by atoms with Gasteiger partial charge in [-0.1, -0.05) is 19.1 Å². The molecule has 3 nitrogen and oxygen atoms in total. The number of nitrogens with zero attached hydrogens (tertiary/aromatic N) is 2. The Balaban J connectivity index is 2.23. The van der Waals surface area contributed by atoms with Gasteiger partial charge in [-0.3, -0.25) is 0 Å². The van der Waals surface area contributed by atoms with E-state index in [0.29, 0.717) is 6.04 Å². The van der Waals surface area contributed by atoms with Crippen LogP contribution in [0.2, 0.25) is 0 Å². The molecule has 0 aliphatic heterocycles. The van der Waals surface area contributed by atoms with Crippen LogP contribution in [0.5, 0.6) is 0 Å². The Hall–Kier alpha value is -0.970. The van der Waals surface area contributed by atoms with Gasteiger partial charge in [0, 0.05) is 18.0 Å². The highest BCUT2D eigenvalue weighted by molar-refractivity contribution is 7.18. The Bertz CT molecular complexity index is 527. The molecule has 0 saturated carbocycles. The maximum Gasteiger partial charge on any atom is 0.0954 e. The highest BCUT2D eigenvalue weighted by Gasteiger charge is 2.31. The van der Waals surface area contributed by atoms with Gasteiger partial charge in [-0.15, -0.1) is 11.3 Å². The van der Waals surface area contributed by atoms with Crippen LogP contribution in [-0.4, -0.2) is 42.1 Å². The zero-order valence-electron chi connectivity index (χ0n) is 13.1. The fraction of sp³-hybridized carbons (Fsp3) is 0.562. The van der Waals surface area contributed by atoms with Crippen molar-refractivity contribution in [2.24, 2.45) is 0 Å². The molecule has 4 heteroatoms. The Kier molecular flexibility index (Phi) is 4.78. The zero-order chi connectivity index (χ0) is 14.8. The average Bonchev–Trinajstić information content (AvgIpc) is 2.80. The van der Waals surface area contributed by atoms with Crippen LogP contribution in [0.25, 0.3) is 10.2 Å². The first-order chi connectivity index (χ1) is 9.45. The first-order valence-electron chi connectivity index (χ1n) is 7.20. The van der Waals surface area contributed by atoms with E-state index < -0.39 is 0 Å². The van der Waals surface area contributed by atoms with E-state index in [1.54, 1.807) is 0 Å². The SMILES string of the molecule is CCNC(Cc1nc2ccccc2s1)C(C)(C)N(C)C. The van der Waals surface area contributed by atoms with E-state index in [2.05, 4.69) is 69.3 Å². The summed E-state index contributed by atoms with van der Waals surface area (Å²) in [7, 11) is 4.28. The molecule has 1 aromatic carbocycles. The van der Waals surface area contributed by atoms with E-state index in [-0.39, 0.29) is 5.54 Å². The topological polar surface area (TPSA) is 28.2 Å². The van der Waals surface area contributed by atoms with Crippen LogP contribution in [-0.2, 0) is 6.42 Å². The number of hydrogen-bond acceptors (Lipinski definition) is 4. The molecule has 1 atom stereocenters. The predicted molar refractivity (Wildman–Crippen MR) is 88.6 cm³/mol. The minimum Gasteiger partial charge on any atom is -0.312 e. The van der Waals surface area contributed by atoms with Gasteiger partial charge in [0.2, 0.25) is 0 Å². The number of aromatic nitrogens is 1. The maximum absolute atomic E-state index is 4.77. The molecule has 20 heavy (non-hydrogen) atoms. The van der Waals surface area contributed by atoms with Crippen molar-refractivity contribution in [3.8, 4) is 0 Å². The molecule has 0 fully saturated rings. The second-order valence-corrected chi connectivity index (χ2v) is 7.05. The summed E-state index contributed by atoms with van der Waals surface area (Å²) in [5, 5.41) is 4.84. The quantitative estimate of drug-likeness (QED) is 0.886. The first kappa shape index (κ1) is 15.4. The number of benzene rings is 1. The van der Waals surface area contributed by atoms with Gasteiger partial charge < -0.3 is 10.2 Å². The summed E-state index contributed by atoms with van der Waals surface area (Å²) in [4.78, 5) is 7.05. The minimum absolute atomic E-state index is 0.0911. The van der Waals surface area contributed by atoms with Gasteiger partial charge in [0.1, 0.15) is 0 Å². The van der Waals surface area contributed by atoms with Crippen molar-refractivity contribution in [1.29, 1.82) is 0 Å². The lowest BCUT2D eigenvalue weighted by atomic mass is 9.90. The third kappa shape index (κ3) is 3.19. The van der Waals surface area contributed by atoms with E-state index in [9.17, 15) is 0 Å². The molecule has 110 valence electrons. The number of nitrogens with one attached hydrogen (secondary N) is 1. The average molecular weight is 291 g/mol. The maximum atomic E-state index is 4.77. The van der Waals surface area contributed by atoms with Gasteiger partial charge in [-0.05, 0) is 46.6 Å². The van der Waals surface area contributed by atoms with Crippen LogP contribution < -0.4 is 5.32 Å². The summed E-state index contributed by atoms with van der Waals surface area (Å²) >= 11 is 1.81. The number of likely N-dealkylation sites (N-methyl/N-ethyl adjacent to an activating group) is 2. The number of para-hydroxylation sites is 1. The fourth-order valence-corrected chi connectivity index (χ4v) is 3.32. The lowest BCUT2D eigenvalue weighted by Gasteiger charge is -2.40. The molecule has 1 heterocycles. The van der Waals surface area contributed by atoms with E-state index in [4.69, 9.17) is 4.98 Å². The summed E-state index contributed by atoms with van der Waals surface area (Å²) in [5.74, 6) is 0. The molecule has 0 aliphatic rings. The number of fused-ring (bicyclic) bond motifs is 1. The predicted octanol–water partition coefficient (Wildman–Crippen LogP) is 3.16.